The molecule has 3 amide bonds. The summed E-state index contributed by atoms with van der Waals surface area (Å²) in [5.41, 5.74) is 8.74. The van der Waals surface area contributed by atoms with Gasteiger partial charge >= 0.3 is 6.03 Å². The van der Waals surface area contributed by atoms with Gasteiger partial charge in [0, 0.05) is 30.5 Å². The van der Waals surface area contributed by atoms with E-state index in [1.165, 1.54) is 0 Å². The van der Waals surface area contributed by atoms with Gasteiger partial charge < -0.3 is 16.4 Å². The van der Waals surface area contributed by atoms with Crippen LogP contribution < -0.4 is 16.4 Å². The highest BCUT2D eigenvalue weighted by Gasteiger charge is 2.03. The van der Waals surface area contributed by atoms with E-state index in [-0.39, 0.29) is 6.03 Å². The van der Waals surface area contributed by atoms with Gasteiger partial charge in [-0.05, 0) is 49.1 Å². The van der Waals surface area contributed by atoms with Gasteiger partial charge in [-0.1, -0.05) is 18.2 Å². The summed E-state index contributed by atoms with van der Waals surface area (Å²) >= 11 is 0. The first kappa shape index (κ1) is 17.5. The number of nitrogens with two attached hydrogens (primary N) is 1. The maximum absolute atomic E-state index is 11.7. The molecule has 0 saturated carbocycles. The summed E-state index contributed by atoms with van der Waals surface area (Å²) in [6.07, 6.45) is 3.19. The number of amides is 3. The van der Waals surface area contributed by atoms with Gasteiger partial charge in [0.1, 0.15) is 0 Å². The van der Waals surface area contributed by atoms with E-state index < -0.39 is 5.91 Å². The highest BCUT2D eigenvalue weighted by atomic mass is 16.2. The quantitative estimate of drug-likeness (QED) is 0.720. The van der Waals surface area contributed by atoms with Crippen LogP contribution in [0.15, 0.2) is 42.6 Å². The lowest BCUT2D eigenvalue weighted by atomic mass is 10.1. The van der Waals surface area contributed by atoms with Gasteiger partial charge in [0.05, 0.1) is 0 Å². The van der Waals surface area contributed by atoms with Crippen molar-refractivity contribution in [1.82, 2.24) is 15.6 Å². The minimum absolute atomic E-state index is 0.207. The van der Waals surface area contributed by atoms with E-state index in [1.54, 1.807) is 18.2 Å². The van der Waals surface area contributed by atoms with Crippen molar-refractivity contribution in [2.45, 2.75) is 19.8 Å². The number of nitrogens with one attached hydrogen (secondary N) is 2. The lowest BCUT2D eigenvalue weighted by Gasteiger charge is -2.08. The normalized spacial score (nSPS) is 10.2. The van der Waals surface area contributed by atoms with Crippen molar-refractivity contribution in [3.05, 3.63) is 65.0 Å². The van der Waals surface area contributed by atoms with Crippen LogP contribution in [-0.4, -0.2) is 30.0 Å². The maximum atomic E-state index is 11.7. The number of primary amides is 1. The number of urea groups is 1. The fourth-order valence-corrected chi connectivity index (χ4v) is 2.23. The number of hydrogen-bond donors (Lipinski definition) is 3. The number of aromatic nitrogens is 1. The van der Waals surface area contributed by atoms with Crippen LogP contribution in [-0.2, 0) is 12.8 Å². The van der Waals surface area contributed by atoms with Gasteiger partial charge in [-0.25, -0.2) is 4.79 Å². The van der Waals surface area contributed by atoms with Crippen LogP contribution in [0, 0.1) is 6.92 Å². The first-order valence-corrected chi connectivity index (χ1v) is 7.86. The molecule has 24 heavy (non-hydrogen) atoms. The maximum Gasteiger partial charge on any atom is 0.314 e. The SMILES string of the molecule is Cc1ccc(CCNC(=O)NCCc2cccc(C(N)=O)c2)cn1. The molecule has 1 aromatic carbocycles. The van der Waals surface area contributed by atoms with Crippen LogP contribution in [0.1, 0.15) is 27.2 Å². The largest absolute Gasteiger partial charge is 0.366 e. The molecule has 0 radical (unpaired) electrons. The van der Waals surface area contributed by atoms with E-state index in [1.807, 2.05) is 31.3 Å². The molecule has 1 aromatic heterocycles. The molecule has 0 saturated heterocycles. The second-order valence-electron chi connectivity index (χ2n) is 5.56. The zero-order valence-electron chi connectivity index (χ0n) is 13.7. The topological polar surface area (TPSA) is 97.1 Å². The lowest BCUT2D eigenvalue weighted by Crippen LogP contribution is -2.37. The van der Waals surface area contributed by atoms with Crippen molar-refractivity contribution in [1.29, 1.82) is 0 Å². The summed E-state index contributed by atoms with van der Waals surface area (Å²) in [7, 11) is 0. The number of pyridine rings is 1. The first-order chi connectivity index (χ1) is 11.5. The fraction of sp³-hybridized carbons (Fsp3) is 0.278. The molecule has 0 bridgehead atoms. The van der Waals surface area contributed by atoms with Crippen LogP contribution in [0.3, 0.4) is 0 Å². The monoisotopic (exact) mass is 326 g/mol. The Kier molecular flexibility index (Phi) is 6.31. The molecule has 4 N–H and O–H groups in total. The lowest BCUT2D eigenvalue weighted by molar-refractivity contribution is 0.1000. The van der Waals surface area contributed by atoms with Crippen LogP contribution in [0.25, 0.3) is 0 Å². The molecule has 2 rings (SSSR count). The number of carbonyl (C=O) groups excluding carboxylic acids is 2. The molecule has 0 fully saturated rings. The Bertz CT molecular complexity index is 698. The first-order valence-electron chi connectivity index (χ1n) is 7.86. The summed E-state index contributed by atoms with van der Waals surface area (Å²) in [6.45, 7) is 2.97. The zero-order valence-corrected chi connectivity index (χ0v) is 13.7. The summed E-state index contributed by atoms with van der Waals surface area (Å²) in [5, 5.41) is 5.60. The molecule has 0 aliphatic carbocycles. The third-order valence-electron chi connectivity index (χ3n) is 3.58. The summed E-state index contributed by atoms with van der Waals surface area (Å²) < 4.78 is 0. The third kappa shape index (κ3) is 5.72. The number of benzene rings is 1. The predicted molar refractivity (Wildman–Crippen MR) is 92.7 cm³/mol. The molecule has 6 nitrogen and oxygen atoms in total. The number of carbonyl (C=O) groups is 2. The van der Waals surface area contributed by atoms with E-state index in [9.17, 15) is 9.59 Å². The predicted octanol–water partition coefficient (Wildman–Crippen LogP) is 1.57. The van der Waals surface area contributed by atoms with E-state index in [0.29, 0.717) is 25.1 Å². The standard InChI is InChI=1S/C18H22N4O2/c1-13-5-6-15(12-22-13)8-10-21-18(24)20-9-7-14-3-2-4-16(11-14)17(19)23/h2-6,11-12H,7-10H2,1H3,(H2,19,23)(H2,20,21,24). The van der Waals surface area contributed by atoms with Gasteiger partial charge in [0.15, 0.2) is 0 Å². The molecule has 0 spiro atoms. The zero-order chi connectivity index (χ0) is 17.4. The van der Waals surface area contributed by atoms with E-state index in [4.69, 9.17) is 5.73 Å². The second kappa shape index (κ2) is 8.67. The van der Waals surface area contributed by atoms with Crippen molar-refractivity contribution in [3.8, 4) is 0 Å². The van der Waals surface area contributed by atoms with Crippen molar-refractivity contribution in [3.63, 3.8) is 0 Å². The van der Waals surface area contributed by atoms with Crippen molar-refractivity contribution >= 4 is 11.9 Å². The Labute approximate surface area is 141 Å². The Morgan fingerprint density at radius 3 is 2.38 bits per heavy atom. The minimum Gasteiger partial charge on any atom is -0.366 e. The number of hydrogen-bond acceptors (Lipinski definition) is 3. The molecular formula is C18H22N4O2. The fourth-order valence-electron chi connectivity index (χ4n) is 2.23. The van der Waals surface area contributed by atoms with Gasteiger partial charge in [0.2, 0.25) is 5.91 Å². The highest BCUT2D eigenvalue weighted by molar-refractivity contribution is 5.92. The molecular weight excluding hydrogens is 304 g/mol. The van der Waals surface area contributed by atoms with Crippen LogP contribution in [0.4, 0.5) is 4.79 Å². The summed E-state index contributed by atoms with van der Waals surface area (Å²) in [4.78, 5) is 27.1. The summed E-state index contributed by atoms with van der Waals surface area (Å²) in [6, 6.07) is 10.9. The molecule has 0 atom stereocenters. The molecule has 126 valence electrons. The van der Waals surface area contributed by atoms with E-state index >= 15 is 0 Å². The smallest absolute Gasteiger partial charge is 0.314 e. The van der Waals surface area contributed by atoms with Gasteiger partial charge in [-0.3, -0.25) is 9.78 Å². The minimum atomic E-state index is -0.451. The van der Waals surface area contributed by atoms with Gasteiger partial charge in [-0.15, -0.1) is 0 Å². The number of nitrogens with zero attached hydrogens (tertiary/aromatic N) is 1. The van der Waals surface area contributed by atoms with Crippen molar-refractivity contribution in [2.24, 2.45) is 5.73 Å². The highest BCUT2D eigenvalue weighted by Crippen LogP contribution is 2.05. The average Bonchev–Trinajstić information content (AvgIpc) is 2.57. The Morgan fingerprint density at radius 2 is 1.75 bits per heavy atom. The third-order valence-corrected chi connectivity index (χ3v) is 3.58. The van der Waals surface area contributed by atoms with Gasteiger partial charge in [0.25, 0.3) is 0 Å². The molecule has 0 unspecified atom stereocenters. The molecule has 1 heterocycles. The molecule has 2 aromatic rings. The Morgan fingerprint density at radius 1 is 1.04 bits per heavy atom. The van der Waals surface area contributed by atoms with Gasteiger partial charge in [-0.2, -0.15) is 0 Å². The van der Waals surface area contributed by atoms with E-state index in [2.05, 4.69) is 15.6 Å². The summed E-state index contributed by atoms with van der Waals surface area (Å²) in [5.74, 6) is -0.451. The van der Waals surface area contributed by atoms with Crippen molar-refractivity contribution < 1.29 is 9.59 Å². The van der Waals surface area contributed by atoms with Crippen LogP contribution >= 0.6 is 0 Å². The van der Waals surface area contributed by atoms with Crippen LogP contribution in [0.2, 0.25) is 0 Å². The molecule has 0 aliphatic heterocycles. The Hall–Kier alpha value is -2.89. The van der Waals surface area contributed by atoms with Crippen LogP contribution in [0.5, 0.6) is 0 Å². The molecule has 6 heteroatoms. The van der Waals surface area contributed by atoms with Crippen molar-refractivity contribution in [2.75, 3.05) is 13.1 Å². The molecule has 0 aliphatic rings. The second-order valence-corrected chi connectivity index (χ2v) is 5.56. The Balaban J connectivity index is 1.67. The number of rotatable bonds is 7. The average molecular weight is 326 g/mol. The van der Waals surface area contributed by atoms with E-state index in [0.717, 1.165) is 23.2 Å². The number of aryl methyl sites for hydroxylation is 1.